The molecule has 1 aliphatic rings. The average Bonchev–Trinajstić information content (AvgIpc) is 2.90. The summed E-state index contributed by atoms with van der Waals surface area (Å²) in [4.78, 5) is 2.57. The van der Waals surface area contributed by atoms with Crippen LogP contribution in [0.3, 0.4) is 0 Å². The van der Waals surface area contributed by atoms with Crippen LogP contribution >= 0.6 is 0 Å². The molecule has 1 aliphatic heterocycles. The van der Waals surface area contributed by atoms with Gasteiger partial charge in [0.1, 0.15) is 6.61 Å². The Bertz CT molecular complexity index is 476. The van der Waals surface area contributed by atoms with Crippen molar-refractivity contribution >= 4 is 0 Å². The standard InChI is InChI=1S/C18H25NO/c1-3-18(4-2)11-12-19(15-18)14-17-9-7-16(8-10-17)6-5-13-20/h7-10,20H,3-4,11-15H2,1-2H3. The molecule has 2 nitrogen and oxygen atoms in total. The fraction of sp³-hybridized carbons (Fsp3) is 0.556. The number of aliphatic hydroxyl groups is 1. The zero-order chi connectivity index (χ0) is 14.4. The van der Waals surface area contributed by atoms with Gasteiger partial charge in [-0.25, -0.2) is 0 Å². The van der Waals surface area contributed by atoms with Gasteiger partial charge in [-0.2, -0.15) is 0 Å². The largest absolute Gasteiger partial charge is 0.384 e. The third-order valence-corrected chi connectivity index (χ3v) is 4.69. The van der Waals surface area contributed by atoms with E-state index in [-0.39, 0.29) is 6.61 Å². The highest BCUT2D eigenvalue weighted by Crippen LogP contribution is 2.37. The average molecular weight is 271 g/mol. The quantitative estimate of drug-likeness (QED) is 0.851. The Morgan fingerprint density at radius 3 is 2.45 bits per heavy atom. The Balaban J connectivity index is 1.94. The molecule has 108 valence electrons. The van der Waals surface area contributed by atoms with Gasteiger partial charge in [0.05, 0.1) is 0 Å². The minimum absolute atomic E-state index is 0.0777. The van der Waals surface area contributed by atoms with Gasteiger partial charge in [-0.1, -0.05) is 37.8 Å². The van der Waals surface area contributed by atoms with Crippen molar-refractivity contribution in [1.29, 1.82) is 0 Å². The first-order valence-electron chi connectivity index (χ1n) is 7.62. The van der Waals surface area contributed by atoms with Gasteiger partial charge in [-0.15, -0.1) is 0 Å². The van der Waals surface area contributed by atoms with Gasteiger partial charge in [0.2, 0.25) is 0 Å². The fourth-order valence-electron chi connectivity index (χ4n) is 3.08. The summed E-state index contributed by atoms with van der Waals surface area (Å²) in [6.45, 7) is 8.05. The van der Waals surface area contributed by atoms with Crippen molar-refractivity contribution in [3.63, 3.8) is 0 Å². The van der Waals surface area contributed by atoms with Crippen LogP contribution in [0, 0.1) is 17.3 Å². The monoisotopic (exact) mass is 271 g/mol. The number of aliphatic hydroxyl groups excluding tert-OH is 1. The van der Waals surface area contributed by atoms with E-state index in [9.17, 15) is 0 Å². The summed E-state index contributed by atoms with van der Waals surface area (Å²) in [6, 6.07) is 8.39. The second-order valence-electron chi connectivity index (χ2n) is 5.82. The molecule has 1 aromatic carbocycles. The lowest BCUT2D eigenvalue weighted by Crippen LogP contribution is -2.26. The van der Waals surface area contributed by atoms with Crippen LogP contribution in [0.4, 0.5) is 0 Å². The molecule has 1 saturated heterocycles. The second kappa shape index (κ2) is 6.92. The van der Waals surface area contributed by atoms with Crippen molar-refractivity contribution in [3.05, 3.63) is 35.4 Å². The highest BCUT2D eigenvalue weighted by atomic mass is 16.2. The second-order valence-corrected chi connectivity index (χ2v) is 5.82. The summed E-state index contributed by atoms with van der Waals surface area (Å²) in [5.74, 6) is 5.61. The third-order valence-electron chi connectivity index (χ3n) is 4.69. The first-order valence-corrected chi connectivity index (χ1v) is 7.62. The van der Waals surface area contributed by atoms with E-state index in [4.69, 9.17) is 5.11 Å². The first-order chi connectivity index (χ1) is 9.71. The molecule has 0 aromatic heterocycles. The zero-order valence-electron chi connectivity index (χ0n) is 12.7. The maximum Gasteiger partial charge on any atom is 0.104 e. The van der Waals surface area contributed by atoms with E-state index in [1.54, 1.807) is 0 Å². The van der Waals surface area contributed by atoms with E-state index in [1.165, 1.54) is 37.9 Å². The number of rotatable bonds is 4. The van der Waals surface area contributed by atoms with E-state index in [0.717, 1.165) is 12.1 Å². The molecule has 1 aromatic rings. The topological polar surface area (TPSA) is 23.5 Å². The van der Waals surface area contributed by atoms with E-state index in [1.807, 2.05) is 12.1 Å². The number of nitrogens with zero attached hydrogens (tertiary/aromatic N) is 1. The van der Waals surface area contributed by atoms with Crippen LogP contribution in [-0.2, 0) is 6.54 Å². The van der Waals surface area contributed by atoms with Gasteiger partial charge in [0, 0.05) is 18.7 Å². The van der Waals surface area contributed by atoms with E-state index in [2.05, 4.69) is 42.7 Å². The maximum absolute atomic E-state index is 8.69. The van der Waals surface area contributed by atoms with E-state index < -0.39 is 0 Å². The van der Waals surface area contributed by atoms with Crippen LogP contribution < -0.4 is 0 Å². The Morgan fingerprint density at radius 2 is 1.90 bits per heavy atom. The lowest BCUT2D eigenvalue weighted by Gasteiger charge is -2.26. The van der Waals surface area contributed by atoms with Crippen molar-refractivity contribution < 1.29 is 5.11 Å². The van der Waals surface area contributed by atoms with Gasteiger partial charge < -0.3 is 5.11 Å². The van der Waals surface area contributed by atoms with Crippen molar-refractivity contribution in [3.8, 4) is 11.8 Å². The van der Waals surface area contributed by atoms with Crippen molar-refractivity contribution in [2.45, 2.75) is 39.7 Å². The number of benzene rings is 1. The van der Waals surface area contributed by atoms with Crippen LogP contribution in [0.5, 0.6) is 0 Å². The molecule has 0 bridgehead atoms. The summed E-state index contributed by atoms with van der Waals surface area (Å²) < 4.78 is 0. The lowest BCUT2D eigenvalue weighted by atomic mass is 9.82. The first kappa shape index (κ1) is 15.1. The minimum atomic E-state index is -0.0777. The predicted molar refractivity (Wildman–Crippen MR) is 83.3 cm³/mol. The molecule has 0 saturated carbocycles. The zero-order valence-corrected chi connectivity index (χ0v) is 12.7. The molecule has 0 amide bonds. The van der Waals surface area contributed by atoms with E-state index in [0.29, 0.717) is 5.41 Å². The highest BCUT2D eigenvalue weighted by Gasteiger charge is 2.34. The van der Waals surface area contributed by atoms with Crippen LogP contribution in [0.25, 0.3) is 0 Å². The van der Waals surface area contributed by atoms with Crippen molar-refractivity contribution in [2.75, 3.05) is 19.7 Å². The van der Waals surface area contributed by atoms with Gasteiger partial charge in [0.15, 0.2) is 0 Å². The third kappa shape index (κ3) is 3.62. The van der Waals surface area contributed by atoms with Gasteiger partial charge in [-0.05, 0) is 48.9 Å². The van der Waals surface area contributed by atoms with E-state index >= 15 is 0 Å². The molecule has 1 N–H and O–H groups in total. The normalized spacial score (nSPS) is 17.8. The molecule has 0 atom stereocenters. The van der Waals surface area contributed by atoms with Crippen molar-refractivity contribution in [1.82, 2.24) is 4.90 Å². The Morgan fingerprint density at radius 1 is 1.20 bits per heavy atom. The molecule has 1 fully saturated rings. The van der Waals surface area contributed by atoms with Crippen LogP contribution in [0.1, 0.15) is 44.2 Å². The smallest absolute Gasteiger partial charge is 0.104 e. The van der Waals surface area contributed by atoms with Gasteiger partial charge in [-0.3, -0.25) is 4.90 Å². The SMILES string of the molecule is CCC1(CC)CCN(Cc2ccc(C#CCO)cc2)C1. The Kier molecular flexibility index (Phi) is 5.23. The minimum Gasteiger partial charge on any atom is -0.384 e. The Labute approximate surface area is 122 Å². The van der Waals surface area contributed by atoms with Gasteiger partial charge in [0.25, 0.3) is 0 Å². The molecule has 0 spiro atoms. The highest BCUT2D eigenvalue weighted by molar-refractivity contribution is 5.36. The maximum atomic E-state index is 8.69. The molecule has 20 heavy (non-hydrogen) atoms. The number of hydrogen-bond acceptors (Lipinski definition) is 2. The number of likely N-dealkylation sites (tertiary alicyclic amines) is 1. The van der Waals surface area contributed by atoms with Crippen LogP contribution in [-0.4, -0.2) is 29.7 Å². The molecule has 0 radical (unpaired) electrons. The molecule has 2 rings (SSSR count). The molecule has 2 heteroatoms. The van der Waals surface area contributed by atoms with Crippen molar-refractivity contribution in [2.24, 2.45) is 5.41 Å². The summed E-state index contributed by atoms with van der Waals surface area (Å²) in [6.07, 6.45) is 3.91. The molecular weight excluding hydrogens is 246 g/mol. The molecule has 0 unspecified atom stereocenters. The predicted octanol–water partition coefficient (Wildman–Crippen LogP) is 3.04. The molecular formula is C18H25NO. The van der Waals surface area contributed by atoms with Gasteiger partial charge >= 0.3 is 0 Å². The number of hydrogen-bond donors (Lipinski definition) is 1. The summed E-state index contributed by atoms with van der Waals surface area (Å²) in [5, 5.41) is 8.69. The fourth-order valence-corrected chi connectivity index (χ4v) is 3.08. The molecule has 0 aliphatic carbocycles. The van der Waals surface area contributed by atoms with Crippen LogP contribution in [0.2, 0.25) is 0 Å². The summed E-state index contributed by atoms with van der Waals surface area (Å²) >= 11 is 0. The molecule has 1 heterocycles. The summed E-state index contributed by atoms with van der Waals surface area (Å²) in [5.41, 5.74) is 2.87. The Hall–Kier alpha value is -1.30. The lowest BCUT2D eigenvalue weighted by molar-refractivity contribution is 0.236. The summed E-state index contributed by atoms with van der Waals surface area (Å²) in [7, 11) is 0. The van der Waals surface area contributed by atoms with Crippen LogP contribution in [0.15, 0.2) is 24.3 Å².